The minimum absolute atomic E-state index is 0.338. The van der Waals surface area contributed by atoms with Crippen LogP contribution in [-0.2, 0) is 16.9 Å². The number of carbonyl (C=O) groups excluding carboxylic acids is 1. The Morgan fingerprint density at radius 3 is 2.50 bits per heavy atom. The smallest absolute Gasteiger partial charge is 0.256 e. The molecule has 0 unspecified atom stereocenters. The lowest BCUT2D eigenvalue weighted by Gasteiger charge is -2.25. The van der Waals surface area contributed by atoms with Gasteiger partial charge in [-0.2, -0.15) is 0 Å². The van der Waals surface area contributed by atoms with Crippen LogP contribution >= 0.6 is 0 Å². The Hall–Kier alpha value is -3.91. The van der Waals surface area contributed by atoms with Crippen LogP contribution in [0.5, 0.6) is 11.5 Å². The van der Waals surface area contributed by atoms with Gasteiger partial charge in [0.25, 0.3) is 11.9 Å². The molecule has 0 saturated carbocycles. The zero-order valence-electron chi connectivity index (χ0n) is 18.9. The van der Waals surface area contributed by atoms with E-state index in [1.807, 2.05) is 43.3 Å². The van der Waals surface area contributed by atoms with Crippen molar-refractivity contribution in [2.75, 3.05) is 12.4 Å². The third-order valence-corrected chi connectivity index (χ3v) is 6.77. The first-order chi connectivity index (χ1) is 16.5. The molecular weight excluding hydrogens is 434 g/mol. The monoisotopic (exact) mass is 459 g/mol. The molecular formula is C26H25N3O5. The molecule has 0 bridgehead atoms. The van der Waals surface area contributed by atoms with Gasteiger partial charge in [0.2, 0.25) is 0 Å². The van der Waals surface area contributed by atoms with E-state index in [9.17, 15) is 14.9 Å². The highest BCUT2D eigenvalue weighted by atomic mass is 16.6. The van der Waals surface area contributed by atoms with Crippen LogP contribution in [0.25, 0.3) is 0 Å². The number of anilines is 1. The summed E-state index contributed by atoms with van der Waals surface area (Å²) in [5.41, 5.74) is 1.48. The van der Waals surface area contributed by atoms with Crippen LogP contribution in [0.2, 0.25) is 0 Å². The van der Waals surface area contributed by atoms with Crippen molar-refractivity contribution in [3.63, 3.8) is 0 Å². The summed E-state index contributed by atoms with van der Waals surface area (Å²) < 4.78 is 11.5. The molecule has 0 aliphatic carbocycles. The summed E-state index contributed by atoms with van der Waals surface area (Å²) in [6, 6.07) is 20.7. The van der Waals surface area contributed by atoms with Crippen molar-refractivity contribution in [1.82, 2.24) is 5.32 Å². The van der Waals surface area contributed by atoms with E-state index >= 15 is 0 Å². The Labute approximate surface area is 197 Å². The average molecular weight is 460 g/mol. The van der Waals surface area contributed by atoms with Gasteiger partial charge in [-0.05, 0) is 36.2 Å². The minimum atomic E-state index is -1.44. The fourth-order valence-electron chi connectivity index (χ4n) is 5.30. The largest absolute Gasteiger partial charge is 0.493 e. The molecule has 1 fully saturated rings. The van der Waals surface area contributed by atoms with Gasteiger partial charge in [-0.3, -0.25) is 20.2 Å². The first-order valence-electron chi connectivity index (χ1n) is 11.1. The van der Waals surface area contributed by atoms with Gasteiger partial charge in [0.05, 0.1) is 13.0 Å². The lowest BCUT2D eigenvalue weighted by atomic mass is 9.78. The van der Waals surface area contributed by atoms with Crippen LogP contribution < -0.4 is 20.1 Å². The summed E-state index contributed by atoms with van der Waals surface area (Å²) in [6.45, 7) is 2.24. The Balaban J connectivity index is 1.51. The number of amides is 1. The molecule has 2 heterocycles. The number of carbonyl (C=O) groups is 1. The second-order valence-electron chi connectivity index (χ2n) is 8.68. The molecule has 174 valence electrons. The van der Waals surface area contributed by atoms with E-state index in [0.29, 0.717) is 34.9 Å². The van der Waals surface area contributed by atoms with Crippen molar-refractivity contribution in [2.24, 2.45) is 0 Å². The molecule has 34 heavy (non-hydrogen) atoms. The van der Waals surface area contributed by atoms with Crippen LogP contribution in [0.1, 0.15) is 29.5 Å². The molecule has 8 heteroatoms. The van der Waals surface area contributed by atoms with Crippen molar-refractivity contribution >= 4 is 11.6 Å². The van der Waals surface area contributed by atoms with E-state index in [0.717, 1.165) is 5.56 Å². The second-order valence-corrected chi connectivity index (χ2v) is 8.68. The van der Waals surface area contributed by atoms with Gasteiger partial charge < -0.3 is 14.8 Å². The molecule has 1 saturated heterocycles. The summed E-state index contributed by atoms with van der Waals surface area (Å²) in [5.74, 6) is 0.0634. The third-order valence-electron chi connectivity index (χ3n) is 6.77. The van der Waals surface area contributed by atoms with Crippen molar-refractivity contribution in [2.45, 2.75) is 37.1 Å². The highest BCUT2D eigenvalue weighted by Gasteiger charge is 2.67. The predicted molar refractivity (Wildman–Crippen MR) is 127 cm³/mol. The quantitative estimate of drug-likeness (QED) is 0.429. The van der Waals surface area contributed by atoms with Crippen LogP contribution in [0.15, 0.2) is 72.8 Å². The number of hydrogen-bond donors (Lipinski definition) is 2. The first-order valence-corrected chi connectivity index (χ1v) is 11.1. The number of nitro groups is 1. The first kappa shape index (κ1) is 21.9. The Bertz CT molecular complexity index is 1250. The van der Waals surface area contributed by atoms with Gasteiger partial charge in [-0.25, -0.2) is 0 Å². The van der Waals surface area contributed by atoms with E-state index in [4.69, 9.17) is 9.47 Å². The Kier molecular flexibility index (Phi) is 5.45. The summed E-state index contributed by atoms with van der Waals surface area (Å²) in [6.07, 6.45) is 0. The van der Waals surface area contributed by atoms with E-state index in [1.165, 1.54) is 7.11 Å². The van der Waals surface area contributed by atoms with Gasteiger partial charge >= 0.3 is 0 Å². The normalized spacial score (nSPS) is 25.1. The van der Waals surface area contributed by atoms with Gasteiger partial charge in [0, 0.05) is 22.2 Å². The summed E-state index contributed by atoms with van der Waals surface area (Å²) in [7, 11) is 1.54. The summed E-state index contributed by atoms with van der Waals surface area (Å²) in [4.78, 5) is 25.3. The molecule has 2 aliphatic heterocycles. The molecule has 3 aromatic carbocycles. The molecule has 8 nitrogen and oxygen atoms in total. The zero-order chi connectivity index (χ0) is 23.9. The van der Waals surface area contributed by atoms with Crippen LogP contribution in [0.3, 0.4) is 0 Å². The van der Waals surface area contributed by atoms with Crippen LogP contribution in [-0.4, -0.2) is 30.0 Å². The van der Waals surface area contributed by atoms with Gasteiger partial charge in [0.1, 0.15) is 6.61 Å². The topological polar surface area (TPSA) is 103 Å². The number of benzene rings is 3. The summed E-state index contributed by atoms with van der Waals surface area (Å²) in [5, 5.41) is 18.6. The van der Waals surface area contributed by atoms with Gasteiger partial charge in [-0.1, -0.05) is 54.6 Å². The maximum atomic E-state index is 13.2. The standard InChI is InChI=1S/C26H25N3O5/c1-16-23(18-12-13-21(22(14-18)33-2)34-15-17-8-4-3-5-9-17)24(29(31)32)26(28-16)19-10-6-7-11-20(19)27-25(26)30/h3-14,16,23-24,28H,15H2,1-2H3,(H,27,30)/t16-,23-,24-,26-/m0/s1. The number of ether oxygens (including phenoxy) is 2. The van der Waals surface area contributed by atoms with E-state index in [2.05, 4.69) is 10.6 Å². The minimum Gasteiger partial charge on any atom is -0.493 e. The fraction of sp³-hybridized carbons (Fsp3) is 0.269. The third kappa shape index (κ3) is 3.38. The molecule has 2 aliphatic rings. The maximum absolute atomic E-state index is 13.2. The average Bonchev–Trinajstić information content (AvgIpc) is 3.32. The number of fused-ring (bicyclic) bond motifs is 2. The van der Waals surface area contributed by atoms with Crippen LogP contribution in [0, 0.1) is 10.1 Å². The van der Waals surface area contributed by atoms with Gasteiger partial charge in [0.15, 0.2) is 17.0 Å². The number of hydrogen-bond acceptors (Lipinski definition) is 6. The Morgan fingerprint density at radius 2 is 1.76 bits per heavy atom. The molecule has 4 atom stereocenters. The van der Waals surface area contributed by atoms with E-state index in [1.54, 1.807) is 36.4 Å². The molecule has 5 rings (SSSR count). The Morgan fingerprint density at radius 1 is 1.03 bits per heavy atom. The summed E-state index contributed by atoms with van der Waals surface area (Å²) >= 11 is 0. The number of rotatable bonds is 6. The molecule has 1 spiro atoms. The number of para-hydroxylation sites is 1. The molecule has 2 N–H and O–H groups in total. The lowest BCUT2D eigenvalue weighted by molar-refractivity contribution is -0.532. The maximum Gasteiger partial charge on any atom is 0.256 e. The van der Waals surface area contributed by atoms with Crippen molar-refractivity contribution in [3.8, 4) is 11.5 Å². The van der Waals surface area contributed by atoms with Gasteiger partial charge in [-0.15, -0.1) is 0 Å². The predicted octanol–water partition coefficient (Wildman–Crippen LogP) is 3.84. The van der Waals surface area contributed by atoms with E-state index < -0.39 is 23.4 Å². The van der Waals surface area contributed by atoms with E-state index in [-0.39, 0.29) is 11.0 Å². The molecule has 0 aromatic heterocycles. The van der Waals surface area contributed by atoms with Crippen molar-refractivity contribution < 1.29 is 19.2 Å². The van der Waals surface area contributed by atoms with Crippen molar-refractivity contribution in [1.29, 1.82) is 0 Å². The fourth-order valence-corrected chi connectivity index (χ4v) is 5.30. The highest BCUT2D eigenvalue weighted by Crippen LogP contribution is 2.50. The van der Waals surface area contributed by atoms with Crippen molar-refractivity contribution in [3.05, 3.63) is 99.6 Å². The number of nitrogens with zero attached hydrogens (tertiary/aromatic N) is 1. The number of methoxy groups -OCH3 is 1. The molecule has 3 aromatic rings. The molecule has 0 radical (unpaired) electrons. The lowest BCUT2D eigenvalue weighted by Crippen LogP contribution is -2.54. The number of nitrogens with one attached hydrogen (secondary N) is 2. The zero-order valence-corrected chi connectivity index (χ0v) is 18.9. The highest BCUT2D eigenvalue weighted by molar-refractivity contribution is 6.07. The second kappa shape index (κ2) is 8.46. The van der Waals surface area contributed by atoms with Crippen LogP contribution in [0.4, 0.5) is 5.69 Å². The molecule has 1 amide bonds. The SMILES string of the molecule is COc1cc([C@@H]2[C@H](C)N[C@]3(C(=O)Nc4ccccc43)[C@H]2[N+](=O)[O-])ccc1OCc1ccccc1.